The van der Waals surface area contributed by atoms with Gasteiger partial charge in [-0.1, -0.05) is 23.8 Å². The number of aromatic carboxylic acids is 1. The van der Waals surface area contributed by atoms with Crippen LogP contribution in [0.15, 0.2) is 77.4 Å². The third-order valence-electron chi connectivity index (χ3n) is 5.61. The molecule has 0 aliphatic carbocycles. The van der Waals surface area contributed by atoms with Gasteiger partial charge in [0.2, 0.25) is 0 Å². The molecule has 188 valence electrons. The highest BCUT2D eigenvalue weighted by Gasteiger charge is 2.28. The summed E-state index contributed by atoms with van der Waals surface area (Å²) >= 11 is 0. The number of anilines is 2. The molecule has 1 aliphatic rings. The Balaban J connectivity index is 1.43. The number of hydrogen-bond donors (Lipinski definition) is 2. The summed E-state index contributed by atoms with van der Waals surface area (Å²) in [4.78, 5) is 36.2. The van der Waals surface area contributed by atoms with Crippen molar-refractivity contribution in [3.05, 3.63) is 89.0 Å². The van der Waals surface area contributed by atoms with Crippen molar-refractivity contribution >= 4 is 40.9 Å². The summed E-state index contributed by atoms with van der Waals surface area (Å²) in [6.07, 6.45) is 1.73. The SMILES string of the molecule is COc1cc(/C=C2/C(=O)N(c3ccc(C)cc3)N=C2C)ccc1OCC(=O)Nc1ccc(C(=O)O)cc1. The Morgan fingerprint density at radius 2 is 1.70 bits per heavy atom. The van der Waals surface area contributed by atoms with E-state index >= 15 is 0 Å². The molecule has 37 heavy (non-hydrogen) atoms. The summed E-state index contributed by atoms with van der Waals surface area (Å²) in [7, 11) is 1.48. The standard InChI is InChI=1S/C28H25N3O6/c1-17-4-11-22(12-5-17)31-27(33)23(18(2)30-31)14-19-6-13-24(25(15-19)36-3)37-16-26(32)29-21-9-7-20(8-10-21)28(34)35/h4-15H,16H2,1-3H3,(H,29,32)(H,34,35)/b23-14+. The third kappa shape index (κ3) is 5.84. The normalized spacial score (nSPS) is 13.9. The van der Waals surface area contributed by atoms with E-state index in [1.807, 2.05) is 31.2 Å². The molecule has 2 amide bonds. The summed E-state index contributed by atoms with van der Waals surface area (Å²) < 4.78 is 11.0. The fraction of sp³-hybridized carbons (Fsp3) is 0.143. The number of carboxylic acids is 1. The van der Waals surface area contributed by atoms with E-state index in [2.05, 4.69) is 10.4 Å². The Morgan fingerprint density at radius 1 is 1.00 bits per heavy atom. The van der Waals surface area contributed by atoms with Crippen molar-refractivity contribution in [1.29, 1.82) is 0 Å². The summed E-state index contributed by atoms with van der Waals surface area (Å²) in [5, 5.41) is 17.4. The first-order valence-electron chi connectivity index (χ1n) is 11.4. The molecule has 0 radical (unpaired) electrons. The number of nitrogens with zero attached hydrogens (tertiary/aromatic N) is 2. The molecule has 0 bridgehead atoms. The maximum absolute atomic E-state index is 13.0. The van der Waals surface area contributed by atoms with Gasteiger partial charge in [0.05, 0.1) is 29.6 Å². The lowest BCUT2D eigenvalue weighted by molar-refractivity contribution is -0.118. The molecular formula is C28H25N3O6. The van der Waals surface area contributed by atoms with E-state index in [1.165, 1.54) is 36.4 Å². The third-order valence-corrected chi connectivity index (χ3v) is 5.61. The number of carbonyl (C=O) groups excluding carboxylic acids is 2. The van der Waals surface area contributed by atoms with Crippen LogP contribution < -0.4 is 19.8 Å². The minimum Gasteiger partial charge on any atom is -0.493 e. The largest absolute Gasteiger partial charge is 0.493 e. The maximum Gasteiger partial charge on any atom is 0.335 e. The van der Waals surface area contributed by atoms with Gasteiger partial charge in [-0.2, -0.15) is 10.1 Å². The molecule has 9 nitrogen and oxygen atoms in total. The van der Waals surface area contributed by atoms with E-state index in [1.54, 1.807) is 31.2 Å². The summed E-state index contributed by atoms with van der Waals surface area (Å²) in [5.41, 5.74) is 4.12. The average molecular weight is 500 g/mol. The zero-order chi connectivity index (χ0) is 26.5. The number of hydrogen-bond acceptors (Lipinski definition) is 6. The van der Waals surface area contributed by atoms with Crippen LogP contribution in [0.1, 0.15) is 28.4 Å². The fourth-order valence-electron chi connectivity index (χ4n) is 3.64. The highest BCUT2D eigenvalue weighted by molar-refractivity contribution is 6.32. The van der Waals surface area contributed by atoms with Crippen LogP contribution in [0.25, 0.3) is 6.08 Å². The van der Waals surface area contributed by atoms with E-state index in [0.717, 1.165) is 5.56 Å². The van der Waals surface area contributed by atoms with Gasteiger partial charge in [-0.25, -0.2) is 4.79 Å². The highest BCUT2D eigenvalue weighted by Crippen LogP contribution is 2.31. The lowest BCUT2D eigenvalue weighted by Gasteiger charge is -2.12. The molecule has 1 aliphatic heterocycles. The number of aryl methyl sites for hydroxylation is 1. The number of carbonyl (C=O) groups is 3. The maximum atomic E-state index is 13.0. The van der Waals surface area contributed by atoms with Gasteiger partial charge in [-0.15, -0.1) is 0 Å². The Labute approximate surface area is 213 Å². The van der Waals surface area contributed by atoms with Gasteiger partial charge in [0.15, 0.2) is 18.1 Å². The molecule has 0 aromatic heterocycles. The van der Waals surface area contributed by atoms with Gasteiger partial charge in [0.1, 0.15) is 0 Å². The van der Waals surface area contributed by atoms with Crippen LogP contribution in [-0.2, 0) is 9.59 Å². The molecule has 0 fully saturated rings. The summed E-state index contributed by atoms with van der Waals surface area (Å²) in [5.74, 6) is -0.950. The van der Waals surface area contributed by atoms with Crippen molar-refractivity contribution in [2.45, 2.75) is 13.8 Å². The molecular weight excluding hydrogens is 474 g/mol. The van der Waals surface area contributed by atoms with Gasteiger partial charge in [-0.05, 0) is 74.0 Å². The number of ether oxygens (including phenoxy) is 2. The first-order chi connectivity index (χ1) is 17.7. The molecule has 2 N–H and O–H groups in total. The predicted octanol–water partition coefficient (Wildman–Crippen LogP) is 4.53. The molecule has 9 heteroatoms. The van der Waals surface area contributed by atoms with E-state index < -0.39 is 11.9 Å². The molecule has 1 heterocycles. The van der Waals surface area contributed by atoms with Crippen molar-refractivity contribution in [3.8, 4) is 11.5 Å². The Hall–Kier alpha value is -4.92. The molecule has 0 saturated carbocycles. The number of methoxy groups -OCH3 is 1. The summed E-state index contributed by atoms with van der Waals surface area (Å²) in [6, 6.07) is 18.5. The van der Waals surface area contributed by atoms with Crippen LogP contribution in [0.2, 0.25) is 0 Å². The number of nitrogens with one attached hydrogen (secondary N) is 1. The van der Waals surface area contributed by atoms with Crippen molar-refractivity contribution in [3.63, 3.8) is 0 Å². The average Bonchev–Trinajstić information content (AvgIpc) is 3.17. The number of rotatable bonds is 8. The zero-order valence-electron chi connectivity index (χ0n) is 20.5. The fourth-order valence-corrected chi connectivity index (χ4v) is 3.64. The molecule has 3 aromatic carbocycles. The van der Waals surface area contributed by atoms with Crippen LogP contribution >= 0.6 is 0 Å². The van der Waals surface area contributed by atoms with Crippen LogP contribution in [0.4, 0.5) is 11.4 Å². The quantitative estimate of drug-likeness (QED) is 0.440. The molecule has 0 spiro atoms. The number of carboxylic acid groups (broad SMARTS) is 1. The van der Waals surface area contributed by atoms with Crippen molar-refractivity contribution < 1.29 is 29.0 Å². The zero-order valence-corrected chi connectivity index (χ0v) is 20.5. The van der Waals surface area contributed by atoms with Crippen LogP contribution in [0.5, 0.6) is 11.5 Å². The first-order valence-corrected chi connectivity index (χ1v) is 11.4. The minimum atomic E-state index is -1.05. The molecule has 4 rings (SSSR count). The smallest absolute Gasteiger partial charge is 0.335 e. The number of amides is 2. The van der Waals surface area contributed by atoms with Gasteiger partial charge in [0.25, 0.3) is 11.8 Å². The number of hydrazone groups is 1. The van der Waals surface area contributed by atoms with Crippen LogP contribution in [0, 0.1) is 6.92 Å². The molecule has 0 atom stereocenters. The Kier molecular flexibility index (Phi) is 7.34. The monoisotopic (exact) mass is 499 g/mol. The van der Waals surface area contributed by atoms with Gasteiger partial charge >= 0.3 is 5.97 Å². The van der Waals surface area contributed by atoms with Crippen LogP contribution in [-0.4, -0.2) is 42.3 Å². The summed E-state index contributed by atoms with van der Waals surface area (Å²) in [6.45, 7) is 3.47. The lowest BCUT2D eigenvalue weighted by atomic mass is 10.1. The first kappa shape index (κ1) is 25.2. The number of benzene rings is 3. The molecule has 0 unspecified atom stereocenters. The van der Waals surface area contributed by atoms with Gasteiger partial charge in [-0.3, -0.25) is 9.59 Å². The van der Waals surface area contributed by atoms with E-state index in [0.29, 0.717) is 39.7 Å². The molecule has 3 aromatic rings. The lowest BCUT2D eigenvalue weighted by Crippen LogP contribution is -2.21. The Morgan fingerprint density at radius 3 is 2.35 bits per heavy atom. The van der Waals surface area contributed by atoms with Gasteiger partial charge < -0.3 is 19.9 Å². The topological polar surface area (TPSA) is 118 Å². The van der Waals surface area contributed by atoms with E-state index in [9.17, 15) is 14.4 Å². The van der Waals surface area contributed by atoms with E-state index in [-0.39, 0.29) is 18.1 Å². The Bertz CT molecular complexity index is 1410. The van der Waals surface area contributed by atoms with Crippen molar-refractivity contribution in [1.82, 2.24) is 0 Å². The second kappa shape index (κ2) is 10.8. The van der Waals surface area contributed by atoms with Crippen molar-refractivity contribution in [2.24, 2.45) is 5.10 Å². The van der Waals surface area contributed by atoms with E-state index in [4.69, 9.17) is 14.6 Å². The molecule has 0 saturated heterocycles. The van der Waals surface area contributed by atoms with Gasteiger partial charge in [0, 0.05) is 5.69 Å². The highest BCUT2D eigenvalue weighted by atomic mass is 16.5. The minimum absolute atomic E-state index is 0.123. The predicted molar refractivity (Wildman–Crippen MR) is 140 cm³/mol. The second-order valence-corrected chi connectivity index (χ2v) is 8.33. The second-order valence-electron chi connectivity index (χ2n) is 8.33. The van der Waals surface area contributed by atoms with Crippen LogP contribution in [0.3, 0.4) is 0 Å². The van der Waals surface area contributed by atoms with Crippen molar-refractivity contribution in [2.75, 3.05) is 24.0 Å².